The van der Waals surface area contributed by atoms with Crippen molar-refractivity contribution in [1.29, 1.82) is 0 Å². The van der Waals surface area contributed by atoms with Crippen LogP contribution in [-0.4, -0.2) is 9.78 Å². The van der Waals surface area contributed by atoms with Gasteiger partial charge < -0.3 is 0 Å². The van der Waals surface area contributed by atoms with Crippen LogP contribution in [0.2, 0.25) is 0 Å². The molecule has 0 spiro atoms. The summed E-state index contributed by atoms with van der Waals surface area (Å²) in [5.74, 6) is 0. The van der Waals surface area contributed by atoms with Crippen molar-refractivity contribution in [2.75, 3.05) is 0 Å². The van der Waals surface area contributed by atoms with Crippen molar-refractivity contribution in [3.05, 3.63) is 21.6 Å². The molecular formula is C12H22N2O. The van der Waals surface area contributed by atoms with Gasteiger partial charge in [0.25, 0.3) is 5.56 Å². The summed E-state index contributed by atoms with van der Waals surface area (Å²) in [6.45, 7) is 7.17. The Morgan fingerprint density at radius 1 is 1.20 bits per heavy atom. The molecule has 0 aliphatic carbocycles. The topological polar surface area (TPSA) is 37.8 Å². The Balaban J connectivity index is 2.94. The van der Waals surface area contributed by atoms with Gasteiger partial charge in [-0.25, -0.2) is 0 Å². The van der Waals surface area contributed by atoms with Crippen molar-refractivity contribution < 1.29 is 0 Å². The Kier molecular flexibility index (Phi) is 4.66. The van der Waals surface area contributed by atoms with Gasteiger partial charge in [0.15, 0.2) is 0 Å². The van der Waals surface area contributed by atoms with Gasteiger partial charge in [0, 0.05) is 17.8 Å². The Morgan fingerprint density at radius 3 is 2.47 bits per heavy atom. The van der Waals surface area contributed by atoms with E-state index in [1.54, 1.807) is 4.68 Å². The van der Waals surface area contributed by atoms with E-state index in [4.69, 9.17) is 0 Å². The molecule has 1 N–H and O–H groups in total. The van der Waals surface area contributed by atoms with Crippen LogP contribution >= 0.6 is 0 Å². The fourth-order valence-electron chi connectivity index (χ4n) is 1.85. The fraction of sp³-hybridized carbons (Fsp3) is 0.750. The lowest BCUT2D eigenvalue weighted by atomic mass is 10.1. The van der Waals surface area contributed by atoms with E-state index in [-0.39, 0.29) is 5.56 Å². The van der Waals surface area contributed by atoms with E-state index in [1.807, 2.05) is 0 Å². The molecule has 3 heteroatoms. The molecule has 0 fully saturated rings. The van der Waals surface area contributed by atoms with Crippen LogP contribution in [0.5, 0.6) is 0 Å². The van der Waals surface area contributed by atoms with Crippen LogP contribution in [0.25, 0.3) is 0 Å². The first-order chi connectivity index (χ1) is 7.24. The minimum absolute atomic E-state index is 0.196. The van der Waals surface area contributed by atoms with Crippen LogP contribution in [0.1, 0.15) is 51.3 Å². The van der Waals surface area contributed by atoms with Gasteiger partial charge in [-0.15, -0.1) is 0 Å². The average Bonchev–Trinajstić information content (AvgIpc) is 2.54. The van der Waals surface area contributed by atoms with Crippen LogP contribution in [0.4, 0.5) is 0 Å². The van der Waals surface area contributed by atoms with E-state index in [0.717, 1.165) is 49.9 Å². The lowest BCUT2D eigenvalue weighted by Crippen LogP contribution is -2.19. The highest BCUT2D eigenvalue weighted by Crippen LogP contribution is 2.05. The molecule has 1 heterocycles. The van der Waals surface area contributed by atoms with E-state index in [9.17, 15) is 4.79 Å². The number of aromatic nitrogens is 2. The molecule has 0 radical (unpaired) electrons. The Labute approximate surface area is 91.5 Å². The predicted molar refractivity (Wildman–Crippen MR) is 63.3 cm³/mol. The molecule has 3 nitrogen and oxygen atoms in total. The summed E-state index contributed by atoms with van der Waals surface area (Å²) in [5, 5.41) is 3.22. The van der Waals surface area contributed by atoms with Crippen LogP contribution in [0, 0.1) is 0 Å². The van der Waals surface area contributed by atoms with E-state index in [2.05, 4.69) is 25.9 Å². The first-order valence-electron chi connectivity index (χ1n) is 6.05. The molecule has 0 bridgehead atoms. The molecule has 0 saturated heterocycles. The second-order valence-corrected chi connectivity index (χ2v) is 3.98. The highest BCUT2D eigenvalue weighted by atomic mass is 16.1. The number of nitrogens with one attached hydrogen (secondary N) is 1. The largest absolute Gasteiger partial charge is 0.299 e. The van der Waals surface area contributed by atoms with Crippen molar-refractivity contribution in [2.24, 2.45) is 0 Å². The van der Waals surface area contributed by atoms with E-state index < -0.39 is 0 Å². The van der Waals surface area contributed by atoms with Gasteiger partial charge >= 0.3 is 0 Å². The third-order valence-corrected chi connectivity index (χ3v) is 2.73. The maximum atomic E-state index is 12.0. The molecule has 0 atom stereocenters. The predicted octanol–water partition coefficient (Wildman–Crippen LogP) is 2.49. The summed E-state index contributed by atoms with van der Waals surface area (Å²) in [5.41, 5.74) is 2.32. The van der Waals surface area contributed by atoms with Crippen molar-refractivity contribution in [3.63, 3.8) is 0 Å². The van der Waals surface area contributed by atoms with Crippen LogP contribution in [-0.2, 0) is 19.4 Å². The molecule has 0 aliphatic rings. The smallest absolute Gasteiger partial charge is 0.269 e. The van der Waals surface area contributed by atoms with E-state index in [1.165, 1.54) is 0 Å². The zero-order chi connectivity index (χ0) is 11.3. The third-order valence-electron chi connectivity index (χ3n) is 2.73. The number of nitrogens with zero attached hydrogens (tertiary/aromatic N) is 1. The van der Waals surface area contributed by atoms with Crippen molar-refractivity contribution in [3.8, 4) is 0 Å². The normalized spacial score (nSPS) is 10.9. The molecule has 1 rings (SSSR count). The zero-order valence-corrected chi connectivity index (χ0v) is 10.1. The van der Waals surface area contributed by atoms with Gasteiger partial charge in [-0.1, -0.05) is 33.6 Å². The molecule has 0 amide bonds. The summed E-state index contributed by atoms with van der Waals surface area (Å²) in [4.78, 5) is 12.0. The van der Waals surface area contributed by atoms with Gasteiger partial charge in [0.05, 0.1) is 0 Å². The van der Waals surface area contributed by atoms with Gasteiger partial charge in [0.1, 0.15) is 0 Å². The number of aryl methyl sites for hydroxylation is 2. The third kappa shape index (κ3) is 2.74. The first kappa shape index (κ1) is 12.1. The fourth-order valence-corrected chi connectivity index (χ4v) is 1.85. The van der Waals surface area contributed by atoms with Gasteiger partial charge in [0.2, 0.25) is 0 Å². The summed E-state index contributed by atoms with van der Waals surface area (Å²) >= 11 is 0. The molecule has 1 aromatic heterocycles. The van der Waals surface area contributed by atoms with Gasteiger partial charge in [-0.05, 0) is 19.3 Å². The zero-order valence-electron chi connectivity index (χ0n) is 10.1. The van der Waals surface area contributed by atoms with Crippen LogP contribution in [0.15, 0.2) is 4.79 Å². The molecule has 1 aromatic rings. The Hall–Kier alpha value is -0.990. The van der Waals surface area contributed by atoms with Gasteiger partial charge in [-0.3, -0.25) is 14.6 Å². The second-order valence-electron chi connectivity index (χ2n) is 3.98. The standard InChI is InChI=1S/C12H22N2O/c1-4-7-9-14-12(15)10(8-5-2)11(6-3)13-14/h13H,4-9H2,1-3H3. The number of hydrogen-bond donors (Lipinski definition) is 1. The summed E-state index contributed by atoms with van der Waals surface area (Å²) in [6.07, 6.45) is 5.04. The molecule has 0 unspecified atom stereocenters. The number of unbranched alkanes of at least 4 members (excludes halogenated alkanes) is 1. The number of hydrogen-bond acceptors (Lipinski definition) is 1. The monoisotopic (exact) mass is 210 g/mol. The summed E-state index contributed by atoms with van der Waals surface area (Å²) in [7, 11) is 0. The minimum Gasteiger partial charge on any atom is -0.299 e. The Morgan fingerprint density at radius 2 is 1.93 bits per heavy atom. The lowest BCUT2D eigenvalue weighted by molar-refractivity contribution is 0.551. The molecular weight excluding hydrogens is 188 g/mol. The lowest BCUT2D eigenvalue weighted by Gasteiger charge is -1.98. The maximum Gasteiger partial charge on any atom is 0.269 e. The molecule has 15 heavy (non-hydrogen) atoms. The van der Waals surface area contributed by atoms with Crippen molar-refractivity contribution in [2.45, 2.75) is 59.4 Å². The molecule has 0 aliphatic heterocycles. The van der Waals surface area contributed by atoms with Crippen LogP contribution < -0.4 is 5.56 Å². The average molecular weight is 210 g/mol. The highest BCUT2D eigenvalue weighted by molar-refractivity contribution is 5.17. The molecule has 86 valence electrons. The van der Waals surface area contributed by atoms with E-state index in [0.29, 0.717) is 0 Å². The SMILES string of the molecule is CCCCn1[nH]c(CC)c(CCC)c1=O. The van der Waals surface area contributed by atoms with Gasteiger partial charge in [-0.2, -0.15) is 0 Å². The quantitative estimate of drug-likeness (QED) is 0.769. The summed E-state index contributed by atoms with van der Waals surface area (Å²) in [6, 6.07) is 0. The number of rotatable bonds is 6. The molecule has 0 aromatic carbocycles. The Bertz CT molecular complexity index is 349. The van der Waals surface area contributed by atoms with E-state index >= 15 is 0 Å². The van der Waals surface area contributed by atoms with Crippen LogP contribution in [0.3, 0.4) is 0 Å². The van der Waals surface area contributed by atoms with Crippen molar-refractivity contribution in [1.82, 2.24) is 9.78 Å². The second kappa shape index (κ2) is 5.79. The number of aromatic amines is 1. The minimum atomic E-state index is 0.196. The maximum absolute atomic E-state index is 12.0. The number of H-pyrrole nitrogens is 1. The highest BCUT2D eigenvalue weighted by Gasteiger charge is 2.10. The van der Waals surface area contributed by atoms with Crippen molar-refractivity contribution >= 4 is 0 Å². The molecule has 0 saturated carbocycles. The summed E-state index contributed by atoms with van der Waals surface area (Å²) < 4.78 is 1.77. The first-order valence-corrected chi connectivity index (χ1v) is 6.05.